The largest absolute Gasteiger partial charge is 0.444 e. The van der Waals surface area contributed by atoms with Gasteiger partial charge in [0, 0.05) is 29.7 Å². The summed E-state index contributed by atoms with van der Waals surface area (Å²) < 4.78 is 7.74. The molecule has 0 atom stereocenters. The first-order valence-electron chi connectivity index (χ1n) is 14.1. The summed E-state index contributed by atoms with van der Waals surface area (Å²) in [4.78, 5) is 31.6. The van der Waals surface area contributed by atoms with Gasteiger partial charge in [-0.3, -0.25) is 14.5 Å². The fourth-order valence-electron chi connectivity index (χ4n) is 5.75. The Kier molecular flexibility index (Phi) is 6.04. The summed E-state index contributed by atoms with van der Waals surface area (Å²) in [5, 5.41) is 6.66. The summed E-state index contributed by atoms with van der Waals surface area (Å²) in [6.45, 7) is 5.62. The average Bonchev–Trinajstić information content (AvgIpc) is 3.29. The lowest BCUT2D eigenvalue weighted by Crippen LogP contribution is -2.52. The third-order valence-corrected chi connectivity index (χ3v) is 7.79. The van der Waals surface area contributed by atoms with Gasteiger partial charge >= 0.3 is 6.09 Å². The van der Waals surface area contributed by atoms with Crippen molar-refractivity contribution in [1.82, 2.24) is 29.8 Å². The van der Waals surface area contributed by atoms with Gasteiger partial charge in [-0.15, -0.1) is 0 Å². The van der Waals surface area contributed by atoms with Crippen LogP contribution in [-0.2, 0) is 10.3 Å². The minimum atomic E-state index is -0.561. The van der Waals surface area contributed by atoms with E-state index in [0.29, 0.717) is 5.69 Å². The minimum absolute atomic E-state index is 0.396. The van der Waals surface area contributed by atoms with Gasteiger partial charge in [0.15, 0.2) is 5.82 Å². The van der Waals surface area contributed by atoms with Crippen molar-refractivity contribution in [3.8, 4) is 39.7 Å². The molecular formula is C33H31N7O2. The Morgan fingerprint density at radius 3 is 2.50 bits per heavy atom. The van der Waals surface area contributed by atoms with Crippen molar-refractivity contribution in [2.24, 2.45) is 0 Å². The fraction of sp³-hybridized carbons (Fsp3) is 0.242. The van der Waals surface area contributed by atoms with Crippen LogP contribution in [0.25, 0.3) is 39.7 Å². The van der Waals surface area contributed by atoms with Crippen LogP contribution in [0, 0.1) is 0 Å². The number of imidazole rings is 1. The highest BCUT2D eigenvalue weighted by molar-refractivity contribution is 5.90. The summed E-state index contributed by atoms with van der Waals surface area (Å²) in [6.07, 6.45) is 9.23. The molecule has 42 heavy (non-hydrogen) atoms. The summed E-state index contributed by atoms with van der Waals surface area (Å²) in [7, 11) is 0. The second-order valence-electron chi connectivity index (χ2n) is 11.7. The number of pyridine rings is 1. The Labute approximate surface area is 244 Å². The molecule has 3 aromatic heterocycles. The Balaban J connectivity index is 1.38. The van der Waals surface area contributed by atoms with E-state index in [0.717, 1.165) is 70.4 Å². The zero-order valence-electron chi connectivity index (χ0n) is 23.8. The van der Waals surface area contributed by atoms with Gasteiger partial charge in [0.25, 0.3) is 0 Å². The SMILES string of the molecule is CC(C)(C)OC(=O)NC1(c2ccc(-c3c(-c4cnccn4)nc4n3-c3cccnc3Nc3ccccc3-4)cc2)CCC1. The van der Waals surface area contributed by atoms with E-state index in [2.05, 4.69) is 60.5 Å². The Hall–Kier alpha value is -5.05. The second kappa shape index (κ2) is 9.80. The number of nitrogens with one attached hydrogen (secondary N) is 2. The maximum atomic E-state index is 12.7. The minimum Gasteiger partial charge on any atom is -0.444 e. The highest BCUT2D eigenvalue weighted by atomic mass is 16.6. The number of hydrogen-bond donors (Lipinski definition) is 2. The van der Waals surface area contributed by atoms with Crippen molar-refractivity contribution >= 4 is 17.6 Å². The van der Waals surface area contributed by atoms with Crippen LogP contribution in [0.2, 0.25) is 0 Å². The van der Waals surface area contributed by atoms with Crippen LogP contribution < -0.4 is 10.6 Å². The first-order chi connectivity index (χ1) is 20.3. The summed E-state index contributed by atoms with van der Waals surface area (Å²) in [6, 6.07) is 20.4. The highest BCUT2D eigenvalue weighted by Gasteiger charge is 2.41. The van der Waals surface area contributed by atoms with E-state index in [9.17, 15) is 4.79 Å². The van der Waals surface area contributed by atoms with Crippen molar-refractivity contribution in [3.05, 3.63) is 91.0 Å². The number of carbonyl (C=O) groups is 1. The van der Waals surface area contributed by atoms with Crippen LogP contribution in [0.1, 0.15) is 45.6 Å². The number of amides is 1. The zero-order chi connectivity index (χ0) is 28.9. The molecule has 0 radical (unpaired) electrons. The predicted octanol–water partition coefficient (Wildman–Crippen LogP) is 7.02. The van der Waals surface area contributed by atoms with Crippen LogP contribution in [0.5, 0.6) is 0 Å². The van der Waals surface area contributed by atoms with Crippen LogP contribution >= 0.6 is 0 Å². The third kappa shape index (κ3) is 4.47. The number of para-hydroxylation sites is 1. The molecule has 0 unspecified atom stereocenters. The molecular weight excluding hydrogens is 526 g/mol. The second-order valence-corrected chi connectivity index (χ2v) is 11.7. The smallest absolute Gasteiger partial charge is 0.408 e. The monoisotopic (exact) mass is 557 g/mol. The number of alkyl carbamates (subject to hydrolysis) is 1. The van der Waals surface area contributed by atoms with Crippen LogP contribution in [0.15, 0.2) is 85.5 Å². The van der Waals surface area contributed by atoms with E-state index in [-0.39, 0.29) is 0 Å². The number of nitrogens with zero attached hydrogens (tertiary/aromatic N) is 5. The number of aromatic nitrogens is 5. The molecule has 1 fully saturated rings. The summed E-state index contributed by atoms with van der Waals surface area (Å²) in [5.74, 6) is 1.52. The number of fused-ring (bicyclic) bond motifs is 5. The van der Waals surface area contributed by atoms with E-state index in [4.69, 9.17) is 9.72 Å². The molecule has 9 heteroatoms. The Bertz CT molecular complexity index is 1790. The molecule has 210 valence electrons. The van der Waals surface area contributed by atoms with Gasteiger partial charge in [0.05, 0.1) is 28.8 Å². The van der Waals surface area contributed by atoms with E-state index in [1.54, 1.807) is 24.8 Å². The predicted molar refractivity (Wildman–Crippen MR) is 161 cm³/mol. The topological polar surface area (TPSA) is 107 Å². The normalized spacial score (nSPS) is 14.7. The number of carbonyl (C=O) groups excluding carboxylic acids is 1. The number of benzene rings is 2. The van der Waals surface area contributed by atoms with Crippen LogP contribution in [0.4, 0.5) is 16.3 Å². The van der Waals surface area contributed by atoms with Gasteiger partial charge < -0.3 is 15.4 Å². The first kappa shape index (κ1) is 25.9. The molecule has 4 heterocycles. The van der Waals surface area contributed by atoms with Gasteiger partial charge in [-0.2, -0.15) is 0 Å². The molecule has 7 rings (SSSR count). The lowest BCUT2D eigenvalue weighted by molar-refractivity contribution is 0.0377. The molecule has 2 aliphatic rings. The fourth-order valence-corrected chi connectivity index (χ4v) is 5.75. The summed E-state index contributed by atoms with van der Waals surface area (Å²) in [5.41, 5.74) is 6.05. The van der Waals surface area contributed by atoms with Crippen LogP contribution in [0.3, 0.4) is 0 Å². The van der Waals surface area contributed by atoms with Crippen molar-refractivity contribution in [2.75, 3.05) is 5.32 Å². The van der Waals surface area contributed by atoms with Crippen molar-refractivity contribution in [2.45, 2.75) is 51.2 Å². The molecule has 0 spiro atoms. The molecule has 2 aromatic carbocycles. The Morgan fingerprint density at radius 2 is 1.79 bits per heavy atom. The average molecular weight is 558 g/mol. The first-order valence-corrected chi connectivity index (χ1v) is 14.1. The molecule has 2 N–H and O–H groups in total. The molecule has 1 aliphatic carbocycles. The quantitative estimate of drug-likeness (QED) is 0.240. The van der Waals surface area contributed by atoms with E-state index in [1.165, 1.54) is 0 Å². The highest BCUT2D eigenvalue weighted by Crippen LogP contribution is 2.45. The summed E-state index contributed by atoms with van der Waals surface area (Å²) >= 11 is 0. The zero-order valence-corrected chi connectivity index (χ0v) is 23.8. The number of ether oxygens (including phenoxy) is 1. The molecule has 1 aliphatic heterocycles. The van der Waals surface area contributed by atoms with Gasteiger partial charge in [-0.1, -0.05) is 36.4 Å². The van der Waals surface area contributed by atoms with Crippen molar-refractivity contribution < 1.29 is 9.53 Å². The van der Waals surface area contributed by atoms with Crippen LogP contribution in [-0.4, -0.2) is 36.2 Å². The lowest BCUT2D eigenvalue weighted by Gasteiger charge is -2.43. The number of hydrogen-bond acceptors (Lipinski definition) is 7. The lowest BCUT2D eigenvalue weighted by atomic mass is 9.71. The van der Waals surface area contributed by atoms with Gasteiger partial charge in [0.1, 0.15) is 22.8 Å². The molecule has 1 saturated carbocycles. The Morgan fingerprint density at radius 1 is 0.976 bits per heavy atom. The molecule has 9 nitrogen and oxygen atoms in total. The third-order valence-electron chi connectivity index (χ3n) is 7.79. The van der Waals surface area contributed by atoms with E-state index in [1.807, 2.05) is 51.1 Å². The standard InChI is InChI=1S/C33H31N7O2/c1-32(2,3)42-31(41)39-33(15-7-16-33)22-13-11-21(12-14-22)28-27(25-20-34-18-19-35-25)38-30-23-8-4-5-9-24(23)37-29-26(40(28)30)10-6-17-36-29/h4-6,8-14,17-20H,7,15-16H2,1-3H3,(H,36,37)(H,39,41). The maximum absolute atomic E-state index is 12.7. The molecule has 5 aromatic rings. The van der Waals surface area contributed by atoms with Gasteiger partial charge in [-0.05, 0) is 69.9 Å². The van der Waals surface area contributed by atoms with E-state index < -0.39 is 17.2 Å². The van der Waals surface area contributed by atoms with Crippen molar-refractivity contribution in [3.63, 3.8) is 0 Å². The van der Waals surface area contributed by atoms with Gasteiger partial charge in [0.2, 0.25) is 0 Å². The maximum Gasteiger partial charge on any atom is 0.408 e. The number of anilines is 2. The molecule has 0 bridgehead atoms. The molecule has 0 saturated heterocycles. The molecule has 1 amide bonds. The van der Waals surface area contributed by atoms with Gasteiger partial charge in [-0.25, -0.2) is 14.8 Å². The van der Waals surface area contributed by atoms with E-state index >= 15 is 0 Å². The van der Waals surface area contributed by atoms with Crippen molar-refractivity contribution in [1.29, 1.82) is 0 Å². The number of rotatable bonds is 4.